The van der Waals surface area contributed by atoms with Crippen molar-refractivity contribution < 1.29 is 28.6 Å². The van der Waals surface area contributed by atoms with Crippen LogP contribution >= 0.6 is 0 Å². The van der Waals surface area contributed by atoms with Crippen molar-refractivity contribution >= 4 is 17.8 Å². The Bertz CT molecular complexity index is 1060. The third-order valence-corrected chi connectivity index (χ3v) is 6.20. The molecule has 10 heteroatoms. The highest BCUT2D eigenvalue weighted by molar-refractivity contribution is 5.98. The van der Waals surface area contributed by atoms with E-state index in [-0.39, 0.29) is 29.4 Å². The van der Waals surface area contributed by atoms with E-state index in [4.69, 9.17) is 14.2 Å². The van der Waals surface area contributed by atoms with Gasteiger partial charge in [0.2, 0.25) is 0 Å². The van der Waals surface area contributed by atoms with Gasteiger partial charge in [0.25, 0.3) is 11.8 Å². The van der Waals surface area contributed by atoms with Crippen LogP contribution in [0.25, 0.3) is 0 Å². The lowest BCUT2D eigenvalue weighted by Crippen LogP contribution is -2.43. The van der Waals surface area contributed by atoms with Crippen LogP contribution in [0, 0.1) is 5.92 Å². The fourth-order valence-corrected chi connectivity index (χ4v) is 4.45. The predicted octanol–water partition coefficient (Wildman–Crippen LogP) is 1.97. The lowest BCUT2D eigenvalue weighted by Gasteiger charge is -2.31. The predicted molar refractivity (Wildman–Crippen MR) is 122 cm³/mol. The lowest BCUT2D eigenvalue weighted by molar-refractivity contribution is -0.149. The number of rotatable bonds is 7. The molecule has 0 aliphatic carbocycles. The summed E-state index contributed by atoms with van der Waals surface area (Å²) in [5, 5.41) is 4.40. The minimum Gasteiger partial charge on any atom is -0.497 e. The van der Waals surface area contributed by atoms with Crippen molar-refractivity contribution in [2.75, 3.05) is 40.5 Å². The van der Waals surface area contributed by atoms with Gasteiger partial charge in [0, 0.05) is 38.3 Å². The average molecular weight is 471 g/mol. The molecule has 1 aromatic heterocycles. The number of nitrogens with zero attached hydrogens (tertiary/aromatic N) is 4. The normalized spacial score (nSPS) is 17.9. The standard InChI is InChI=1S/C24H30N4O6/c1-4-34-24(31)17-6-5-7-26(15-17)22(29)20-13-21-23(30)27(8-9-28(21)25-20)14-16-10-18(32-2)12-19(11-16)33-3/h10-13,17H,4-9,14-15H2,1-3H3/t17-/m0/s1. The van der Waals surface area contributed by atoms with Gasteiger partial charge in [-0.2, -0.15) is 5.10 Å². The SMILES string of the molecule is CCOC(=O)[C@H]1CCCN(C(=O)c2cc3n(n2)CCN(Cc2cc(OC)cc(OC)c2)C3=O)C1. The van der Waals surface area contributed by atoms with Gasteiger partial charge in [-0.15, -0.1) is 0 Å². The molecule has 3 heterocycles. The maximum Gasteiger partial charge on any atom is 0.310 e. The Labute approximate surface area is 198 Å². The summed E-state index contributed by atoms with van der Waals surface area (Å²) in [6, 6.07) is 7.07. The highest BCUT2D eigenvalue weighted by Gasteiger charge is 2.33. The van der Waals surface area contributed by atoms with Gasteiger partial charge in [-0.25, -0.2) is 0 Å². The summed E-state index contributed by atoms with van der Waals surface area (Å²) in [5.74, 6) is 0.241. The Morgan fingerprint density at radius 3 is 2.47 bits per heavy atom. The number of ether oxygens (including phenoxy) is 3. The van der Waals surface area contributed by atoms with E-state index in [1.54, 1.807) is 47.8 Å². The molecule has 0 bridgehead atoms. The Morgan fingerprint density at radius 2 is 1.79 bits per heavy atom. The van der Waals surface area contributed by atoms with Crippen LogP contribution in [0.5, 0.6) is 11.5 Å². The number of hydrogen-bond acceptors (Lipinski definition) is 7. The quantitative estimate of drug-likeness (QED) is 0.570. The lowest BCUT2D eigenvalue weighted by atomic mass is 9.98. The molecule has 34 heavy (non-hydrogen) atoms. The van der Waals surface area contributed by atoms with Crippen LogP contribution in [0.4, 0.5) is 0 Å². The first-order chi connectivity index (χ1) is 16.4. The number of methoxy groups -OCH3 is 2. The molecule has 1 fully saturated rings. The van der Waals surface area contributed by atoms with Crippen LogP contribution in [0.1, 0.15) is 46.3 Å². The maximum atomic E-state index is 13.2. The van der Waals surface area contributed by atoms with Crippen molar-refractivity contribution in [2.45, 2.75) is 32.9 Å². The first kappa shape index (κ1) is 23.6. The van der Waals surface area contributed by atoms with E-state index in [9.17, 15) is 14.4 Å². The Hall–Kier alpha value is -3.56. The van der Waals surface area contributed by atoms with Gasteiger partial charge in [-0.1, -0.05) is 0 Å². The fourth-order valence-electron chi connectivity index (χ4n) is 4.45. The van der Waals surface area contributed by atoms with Gasteiger partial charge < -0.3 is 24.0 Å². The van der Waals surface area contributed by atoms with Gasteiger partial charge in [0.05, 0.1) is 33.3 Å². The number of likely N-dealkylation sites (tertiary alicyclic amines) is 1. The van der Waals surface area contributed by atoms with E-state index < -0.39 is 0 Å². The molecule has 2 aliphatic heterocycles. The number of hydrogen-bond donors (Lipinski definition) is 0. The van der Waals surface area contributed by atoms with Crippen LogP contribution in [0.2, 0.25) is 0 Å². The van der Waals surface area contributed by atoms with Crippen molar-refractivity contribution in [1.82, 2.24) is 19.6 Å². The van der Waals surface area contributed by atoms with Gasteiger partial charge in [-0.05, 0) is 37.5 Å². The first-order valence-electron chi connectivity index (χ1n) is 11.5. The van der Waals surface area contributed by atoms with E-state index >= 15 is 0 Å². The largest absolute Gasteiger partial charge is 0.497 e. The summed E-state index contributed by atoms with van der Waals surface area (Å²) in [6.45, 7) is 4.28. The highest BCUT2D eigenvalue weighted by Crippen LogP contribution is 2.25. The molecule has 1 aromatic carbocycles. The summed E-state index contributed by atoms with van der Waals surface area (Å²) in [6.07, 6.45) is 1.42. The topological polar surface area (TPSA) is 103 Å². The third-order valence-electron chi connectivity index (χ3n) is 6.20. The summed E-state index contributed by atoms with van der Waals surface area (Å²) in [7, 11) is 3.16. The average Bonchev–Trinajstić information content (AvgIpc) is 3.30. The number of piperidine rings is 1. The molecule has 10 nitrogen and oxygen atoms in total. The van der Waals surface area contributed by atoms with Crippen LogP contribution < -0.4 is 9.47 Å². The fraction of sp³-hybridized carbons (Fsp3) is 0.500. The number of carbonyl (C=O) groups is 3. The minimum absolute atomic E-state index is 0.192. The van der Waals surface area contributed by atoms with Crippen LogP contribution in [-0.4, -0.2) is 77.8 Å². The number of amides is 2. The van der Waals surface area contributed by atoms with Crippen LogP contribution in [0.15, 0.2) is 24.3 Å². The molecule has 2 aromatic rings. The summed E-state index contributed by atoms with van der Waals surface area (Å²) >= 11 is 0. The van der Waals surface area contributed by atoms with E-state index in [2.05, 4.69) is 5.10 Å². The first-order valence-corrected chi connectivity index (χ1v) is 11.5. The molecule has 1 atom stereocenters. The van der Waals surface area contributed by atoms with E-state index in [1.165, 1.54) is 0 Å². The second kappa shape index (κ2) is 10.1. The highest BCUT2D eigenvalue weighted by atomic mass is 16.5. The monoisotopic (exact) mass is 470 g/mol. The molecule has 2 amide bonds. The number of benzene rings is 1. The van der Waals surface area contributed by atoms with E-state index in [0.717, 1.165) is 12.0 Å². The van der Waals surface area contributed by atoms with Crippen molar-refractivity contribution in [3.05, 3.63) is 41.2 Å². The molecular weight excluding hydrogens is 440 g/mol. The Balaban J connectivity index is 1.47. The molecule has 2 aliphatic rings. The van der Waals surface area contributed by atoms with Gasteiger partial charge in [0.15, 0.2) is 5.69 Å². The molecule has 1 saturated heterocycles. The third kappa shape index (κ3) is 4.85. The van der Waals surface area contributed by atoms with Gasteiger partial charge in [-0.3, -0.25) is 19.1 Å². The molecule has 0 unspecified atom stereocenters. The number of fused-ring (bicyclic) bond motifs is 1. The van der Waals surface area contributed by atoms with E-state index in [1.807, 2.05) is 12.1 Å². The smallest absolute Gasteiger partial charge is 0.310 e. The maximum absolute atomic E-state index is 13.2. The number of aromatic nitrogens is 2. The molecular formula is C24H30N4O6. The van der Waals surface area contributed by atoms with Crippen molar-refractivity contribution in [3.63, 3.8) is 0 Å². The second-order valence-corrected chi connectivity index (χ2v) is 8.43. The molecule has 0 spiro atoms. The summed E-state index contributed by atoms with van der Waals surface area (Å²) in [5.41, 5.74) is 1.48. The van der Waals surface area contributed by atoms with E-state index in [0.29, 0.717) is 62.9 Å². The van der Waals surface area contributed by atoms with Gasteiger partial charge in [0.1, 0.15) is 17.2 Å². The Morgan fingerprint density at radius 1 is 1.06 bits per heavy atom. The Kier molecular flexibility index (Phi) is 7.04. The molecule has 0 saturated carbocycles. The summed E-state index contributed by atoms with van der Waals surface area (Å²) in [4.78, 5) is 41.8. The molecule has 0 N–H and O–H groups in total. The zero-order chi connectivity index (χ0) is 24.2. The van der Waals surface area contributed by atoms with Crippen molar-refractivity contribution in [1.29, 1.82) is 0 Å². The number of esters is 1. The molecule has 0 radical (unpaired) electrons. The minimum atomic E-state index is -0.327. The zero-order valence-electron chi connectivity index (χ0n) is 19.8. The van der Waals surface area contributed by atoms with Crippen LogP contribution in [0.3, 0.4) is 0 Å². The van der Waals surface area contributed by atoms with Crippen molar-refractivity contribution in [2.24, 2.45) is 5.92 Å². The summed E-state index contributed by atoms with van der Waals surface area (Å²) < 4.78 is 17.4. The second-order valence-electron chi connectivity index (χ2n) is 8.43. The molecule has 182 valence electrons. The van der Waals surface area contributed by atoms with Gasteiger partial charge >= 0.3 is 5.97 Å². The van der Waals surface area contributed by atoms with Crippen LogP contribution in [-0.2, 0) is 22.6 Å². The number of carbonyl (C=O) groups excluding carboxylic acids is 3. The molecule has 4 rings (SSSR count). The van der Waals surface area contributed by atoms with Crippen molar-refractivity contribution in [3.8, 4) is 11.5 Å². The zero-order valence-corrected chi connectivity index (χ0v) is 19.8.